The minimum absolute atomic E-state index is 0.0225. The largest absolute Gasteiger partial charge is 0.358 e. The number of benzene rings is 1. The van der Waals surface area contributed by atoms with Gasteiger partial charge in [0.2, 0.25) is 0 Å². The van der Waals surface area contributed by atoms with Crippen molar-refractivity contribution in [3.8, 4) is 0 Å². The summed E-state index contributed by atoms with van der Waals surface area (Å²) < 4.78 is 0. The molecule has 0 aromatic heterocycles. The Labute approximate surface area is 130 Å². The summed E-state index contributed by atoms with van der Waals surface area (Å²) in [5.74, 6) is 0.272. The molecule has 0 radical (unpaired) electrons. The molecule has 112 valence electrons. The average molecular weight is 292 g/mol. The minimum Gasteiger partial charge on any atom is -0.358 e. The molecule has 1 aromatic rings. The van der Waals surface area contributed by atoms with Crippen LogP contribution >= 0.6 is 0 Å². The number of fused-ring (bicyclic) bond motifs is 1. The number of hydrogen-bond acceptors (Lipinski definition) is 3. The van der Waals surface area contributed by atoms with Crippen molar-refractivity contribution in [3.63, 3.8) is 0 Å². The highest BCUT2D eigenvalue weighted by Gasteiger charge is 2.65. The van der Waals surface area contributed by atoms with Crippen LogP contribution in [0.15, 0.2) is 48.2 Å². The highest BCUT2D eigenvalue weighted by molar-refractivity contribution is 6.01. The Morgan fingerprint density at radius 2 is 2.23 bits per heavy atom. The molecule has 0 bridgehead atoms. The Balaban J connectivity index is 1.84. The lowest BCUT2D eigenvalue weighted by molar-refractivity contribution is -0.126. The van der Waals surface area contributed by atoms with Gasteiger partial charge < -0.3 is 5.32 Å². The molecular formula is C19H20N2O. The molecule has 1 N–H and O–H groups in total. The van der Waals surface area contributed by atoms with E-state index in [9.17, 15) is 4.79 Å². The Hall–Kier alpha value is -1.87. The number of para-hydroxylation sites is 1. The van der Waals surface area contributed by atoms with Crippen molar-refractivity contribution in [3.05, 3.63) is 53.8 Å². The highest BCUT2D eigenvalue weighted by Crippen LogP contribution is 2.61. The molecule has 1 fully saturated rings. The number of nitrogens with zero attached hydrogens (tertiary/aromatic N) is 1. The molecular weight excluding hydrogens is 272 g/mol. The fraction of sp³-hybridized carbons (Fsp3) is 0.421. The van der Waals surface area contributed by atoms with E-state index in [4.69, 9.17) is 0 Å². The second-order valence-corrected chi connectivity index (χ2v) is 7.01. The summed E-state index contributed by atoms with van der Waals surface area (Å²) in [6.45, 7) is 4.19. The lowest BCUT2D eigenvalue weighted by Gasteiger charge is -2.51. The van der Waals surface area contributed by atoms with Crippen LogP contribution in [0.25, 0.3) is 0 Å². The van der Waals surface area contributed by atoms with Crippen molar-refractivity contribution < 1.29 is 4.79 Å². The van der Waals surface area contributed by atoms with Crippen LogP contribution in [0.4, 0.5) is 5.69 Å². The SMILES string of the molecule is CC[C@]12C=CCN3CC[C@]4(C(=CC1=O)Nc1ccccc14)[C@@H]32. The molecule has 0 amide bonds. The van der Waals surface area contributed by atoms with Gasteiger partial charge in [0.1, 0.15) is 0 Å². The Morgan fingerprint density at radius 1 is 1.36 bits per heavy atom. The number of rotatable bonds is 1. The number of ketones is 1. The van der Waals surface area contributed by atoms with Gasteiger partial charge in [0.05, 0.1) is 10.8 Å². The maximum atomic E-state index is 13.0. The first-order valence-electron chi connectivity index (χ1n) is 8.27. The minimum atomic E-state index is -0.350. The van der Waals surface area contributed by atoms with Crippen LogP contribution in [0.5, 0.6) is 0 Å². The quantitative estimate of drug-likeness (QED) is 0.808. The summed E-state index contributed by atoms with van der Waals surface area (Å²) >= 11 is 0. The van der Waals surface area contributed by atoms with Crippen molar-refractivity contribution in [2.75, 3.05) is 18.4 Å². The van der Waals surface area contributed by atoms with Crippen molar-refractivity contribution >= 4 is 11.5 Å². The van der Waals surface area contributed by atoms with E-state index in [2.05, 4.69) is 53.6 Å². The second-order valence-electron chi connectivity index (χ2n) is 7.01. The van der Waals surface area contributed by atoms with Gasteiger partial charge in [-0.05, 0) is 24.5 Å². The topological polar surface area (TPSA) is 32.3 Å². The summed E-state index contributed by atoms with van der Waals surface area (Å²) in [5.41, 5.74) is 3.33. The van der Waals surface area contributed by atoms with Crippen LogP contribution in [-0.4, -0.2) is 29.8 Å². The van der Waals surface area contributed by atoms with E-state index in [0.717, 1.165) is 31.6 Å². The summed E-state index contributed by atoms with van der Waals surface area (Å²) in [6, 6.07) is 8.86. The fourth-order valence-electron chi connectivity index (χ4n) is 5.43. The Kier molecular flexibility index (Phi) is 2.25. The zero-order valence-corrected chi connectivity index (χ0v) is 12.8. The average Bonchev–Trinajstić information content (AvgIpc) is 3.09. The van der Waals surface area contributed by atoms with Gasteiger partial charge in [0.25, 0.3) is 0 Å². The van der Waals surface area contributed by atoms with Crippen LogP contribution in [0.2, 0.25) is 0 Å². The van der Waals surface area contributed by atoms with Crippen LogP contribution in [0, 0.1) is 5.41 Å². The predicted molar refractivity (Wildman–Crippen MR) is 86.7 cm³/mol. The number of hydrogen-bond donors (Lipinski definition) is 1. The number of carbonyl (C=O) groups is 1. The summed E-state index contributed by atoms with van der Waals surface area (Å²) in [4.78, 5) is 15.5. The Morgan fingerprint density at radius 3 is 3.09 bits per heavy atom. The molecule has 0 saturated carbocycles. The summed E-state index contributed by atoms with van der Waals surface area (Å²) in [5, 5.41) is 3.55. The van der Waals surface area contributed by atoms with E-state index < -0.39 is 0 Å². The van der Waals surface area contributed by atoms with Gasteiger partial charge in [-0.3, -0.25) is 9.69 Å². The van der Waals surface area contributed by atoms with Crippen LogP contribution in [0.3, 0.4) is 0 Å². The van der Waals surface area contributed by atoms with Gasteiger partial charge in [0, 0.05) is 36.6 Å². The molecule has 4 aliphatic rings. The monoisotopic (exact) mass is 292 g/mol. The molecule has 5 rings (SSSR count). The molecule has 0 unspecified atom stereocenters. The first kappa shape index (κ1) is 12.7. The van der Waals surface area contributed by atoms with E-state index in [-0.39, 0.29) is 22.7 Å². The van der Waals surface area contributed by atoms with Crippen molar-refractivity contribution in [1.82, 2.24) is 4.90 Å². The number of anilines is 1. The summed E-state index contributed by atoms with van der Waals surface area (Å²) in [7, 11) is 0. The van der Waals surface area contributed by atoms with Crippen LogP contribution in [0.1, 0.15) is 25.3 Å². The molecule has 1 aliphatic carbocycles. The van der Waals surface area contributed by atoms with Crippen molar-refractivity contribution in [2.45, 2.75) is 31.2 Å². The zero-order valence-electron chi connectivity index (χ0n) is 12.8. The van der Waals surface area contributed by atoms with Gasteiger partial charge in [0.15, 0.2) is 5.78 Å². The first-order chi connectivity index (χ1) is 10.7. The molecule has 1 aromatic carbocycles. The molecule has 22 heavy (non-hydrogen) atoms. The van der Waals surface area contributed by atoms with Gasteiger partial charge in [-0.2, -0.15) is 0 Å². The summed E-state index contributed by atoms with van der Waals surface area (Å²) in [6.07, 6.45) is 8.28. The third kappa shape index (κ3) is 1.18. The highest BCUT2D eigenvalue weighted by atomic mass is 16.1. The maximum absolute atomic E-state index is 13.0. The standard InChI is InChI=1S/C19H20N2O/c1-2-18-8-5-10-21-11-9-19(17(18)21)13-6-3-4-7-14(13)20-15(19)12-16(18)22/h3-8,12,17,20H,2,9-11H2,1H3/t17-,18-,19-/m0/s1. The number of nitrogens with one attached hydrogen (secondary N) is 1. The molecule has 1 spiro atoms. The third-order valence-corrected chi connectivity index (χ3v) is 6.35. The molecule has 3 heterocycles. The van der Waals surface area contributed by atoms with Gasteiger partial charge in [-0.25, -0.2) is 0 Å². The maximum Gasteiger partial charge on any atom is 0.168 e. The van der Waals surface area contributed by atoms with Gasteiger partial charge in [-0.15, -0.1) is 0 Å². The predicted octanol–water partition coefficient (Wildman–Crippen LogP) is 2.86. The fourth-order valence-corrected chi connectivity index (χ4v) is 5.43. The van der Waals surface area contributed by atoms with E-state index >= 15 is 0 Å². The van der Waals surface area contributed by atoms with Gasteiger partial charge >= 0.3 is 0 Å². The smallest absolute Gasteiger partial charge is 0.168 e. The molecule has 3 heteroatoms. The number of allylic oxidation sites excluding steroid dienone is 1. The van der Waals surface area contributed by atoms with Crippen molar-refractivity contribution in [2.24, 2.45) is 5.41 Å². The molecule has 3 nitrogen and oxygen atoms in total. The van der Waals surface area contributed by atoms with Crippen LogP contribution < -0.4 is 5.32 Å². The van der Waals surface area contributed by atoms with Crippen LogP contribution in [-0.2, 0) is 10.2 Å². The second kappa shape index (κ2) is 3.90. The van der Waals surface area contributed by atoms with Gasteiger partial charge in [-0.1, -0.05) is 37.3 Å². The van der Waals surface area contributed by atoms with E-state index in [1.807, 2.05) is 6.08 Å². The number of carbonyl (C=O) groups excluding carboxylic acids is 1. The van der Waals surface area contributed by atoms with E-state index in [1.165, 1.54) is 11.3 Å². The van der Waals surface area contributed by atoms with E-state index in [1.54, 1.807) is 0 Å². The normalized spacial score (nSPS) is 38.1. The third-order valence-electron chi connectivity index (χ3n) is 6.35. The zero-order chi connectivity index (χ0) is 14.9. The first-order valence-corrected chi connectivity index (χ1v) is 8.27. The Bertz CT molecular complexity index is 750. The molecule has 3 aliphatic heterocycles. The molecule has 3 atom stereocenters. The van der Waals surface area contributed by atoms with E-state index in [0.29, 0.717) is 0 Å². The lowest BCUT2D eigenvalue weighted by Crippen LogP contribution is -2.60. The lowest BCUT2D eigenvalue weighted by atomic mass is 9.56. The van der Waals surface area contributed by atoms with Crippen molar-refractivity contribution in [1.29, 1.82) is 0 Å². The molecule has 1 saturated heterocycles.